The minimum atomic E-state index is 0.542. The van der Waals surface area contributed by atoms with Gasteiger partial charge in [-0.25, -0.2) is 0 Å². The fourth-order valence-electron chi connectivity index (χ4n) is 1.69. The van der Waals surface area contributed by atoms with E-state index in [1.807, 2.05) is 24.3 Å². The van der Waals surface area contributed by atoms with Gasteiger partial charge in [-0.3, -0.25) is 0 Å². The zero-order chi connectivity index (χ0) is 17.4. The molecule has 0 amide bonds. The molecule has 0 aliphatic heterocycles. The maximum absolute atomic E-state index is 6.15. The first-order valence-corrected chi connectivity index (χ1v) is 8.37. The summed E-state index contributed by atoms with van der Waals surface area (Å²) in [6.07, 6.45) is 6.29. The van der Waals surface area contributed by atoms with Crippen molar-refractivity contribution in [2.75, 3.05) is 0 Å². The van der Waals surface area contributed by atoms with E-state index in [-0.39, 0.29) is 0 Å². The van der Waals surface area contributed by atoms with Crippen LogP contribution in [0.5, 0.6) is 0 Å². The number of benzene rings is 2. The minimum absolute atomic E-state index is 0.542. The zero-order valence-corrected chi connectivity index (χ0v) is 15.4. The van der Waals surface area contributed by atoms with Gasteiger partial charge in [-0.1, -0.05) is 70.7 Å². The average molecular weight is 398 g/mol. The Balaban J connectivity index is 1.94. The van der Waals surface area contributed by atoms with Crippen LogP contribution in [0.15, 0.2) is 70.9 Å². The molecule has 0 aliphatic carbocycles. The van der Waals surface area contributed by atoms with Crippen LogP contribution in [0.2, 0.25) is 10.0 Å². The molecule has 2 rings (SSSR count). The van der Waals surface area contributed by atoms with Gasteiger partial charge in [-0.2, -0.15) is 10.2 Å². The maximum atomic E-state index is 6.15. The van der Waals surface area contributed by atoms with Crippen LogP contribution in [0, 0.1) is 0 Å². The third kappa shape index (κ3) is 6.14. The molecule has 2 aromatic rings. The molecule has 0 radical (unpaired) electrons. The summed E-state index contributed by atoms with van der Waals surface area (Å²) in [6.45, 7) is 0. The Morgan fingerprint density at radius 2 is 0.958 bits per heavy atom. The predicted molar refractivity (Wildman–Crippen MR) is 108 cm³/mol. The van der Waals surface area contributed by atoms with E-state index in [2.05, 4.69) is 10.2 Å². The van der Waals surface area contributed by atoms with E-state index >= 15 is 0 Å². The van der Waals surface area contributed by atoms with E-state index in [1.165, 1.54) is 12.4 Å². The summed E-state index contributed by atoms with van der Waals surface area (Å²) in [4.78, 5) is 0. The molecule has 0 atom stereocenters. The molecule has 0 saturated heterocycles. The third-order valence-corrected chi connectivity index (χ3v) is 4.07. The van der Waals surface area contributed by atoms with E-state index < -0.39 is 0 Å². The fourth-order valence-corrected chi connectivity index (χ4v) is 2.30. The van der Waals surface area contributed by atoms with Crippen LogP contribution >= 0.6 is 46.4 Å². The molecule has 2 aromatic carbocycles. The largest absolute Gasteiger partial charge is 0.159 e. The second-order valence-corrected chi connectivity index (χ2v) is 6.26. The van der Waals surface area contributed by atoms with Crippen LogP contribution < -0.4 is 0 Å². The molecule has 122 valence electrons. The summed E-state index contributed by atoms with van der Waals surface area (Å²) in [5.74, 6) is 0. The Hall–Kier alpha value is -1.58. The molecule has 6 heteroatoms. The molecule has 0 spiro atoms. The molecule has 0 N–H and O–H groups in total. The van der Waals surface area contributed by atoms with Crippen molar-refractivity contribution in [3.63, 3.8) is 0 Å². The van der Waals surface area contributed by atoms with E-state index in [1.54, 1.807) is 36.4 Å². The van der Waals surface area contributed by atoms with Crippen LogP contribution in [-0.2, 0) is 0 Å². The lowest BCUT2D eigenvalue weighted by molar-refractivity contribution is 1.27. The van der Waals surface area contributed by atoms with Crippen LogP contribution in [0.25, 0.3) is 10.1 Å². The predicted octanol–water partition coefficient (Wildman–Crippen LogP) is 6.91. The van der Waals surface area contributed by atoms with Crippen LogP contribution in [-0.4, -0.2) is 12.4 Å². The Morgan fingerprint density at radius 1 is 0.625 bits per heavy atom. The van der Waals surface area contributed by atoms with Crippen molar-refractivity contribution in [2.45, 2.75) is 0 Å². The number of nitrogens with zero attached hydrogens (tertiary/aromatic N) is 2. The van der Waals surface area contributed by atoms with E-state index in [0.717, 1.165) is 11.1 Å². The van der Waals surface area contributed by atoms with E-state index in [0.29, 0.717) is 20.1 Å². The smallest absolute Gasteiger partial charge is 0.0510 e. The van der Waals surface area contributed by atoms with Gasteiger partial charge in [0, 0.05) is 20.1 Å². The highest BCUT2D eigenvalue weighted by Gasteiger charge is 1.97. The summed E-state index contributed by atoms with van der Waals surface area (Å²) in [5.41, 5.74) is 1.70. The normalized spacial score (nSPS) is 13.2. The lowest BCUT2D eigenvalue weighted by Crippen LogP contribution is -1.78. The molecule has 0 bridgehead atoms. The van der Waals surface area contributed by atoms with Gasteiger partial charge in [0.2, 0.25) is 0 Å². The average Bonchev–Trinajstić information content (AvgIpc) is 2.58. The van der Waals surface area contributed by atoms with Crippen molar-refractivity contribution in [3.05, 3.63) is 81.9 Å². The monoisotopic (exact) mass is 396 g/mol. The van der Waals surface area contributed by atoms with Crippen molar-refractivity contribution in [1.29, 1.82) is 0 Å². The van der Waals surface area contributed by atoms with Gasteiger partial charge in [0.1, 0.15) is 0 Å². The van der Waals surface area contributed by atoms with Gasteiger partial charge < -0.3 is 0 Å². The SMILES string of the molecule is Cl\C(=C/C=N\N=C/C=C(\Cl)c1ccc(Cl)cc1)c1ccc(Cl)cc1. The van der Waals surface area contributed by atoms with Crippen LogP contribution in [0.4, 0.5) is 0 Å². The molecule has 0 aromatic heterocycles. The summed E-state index contributed by atoms with van der Waals surface area (Å²) in [6, 6.07) is 14.4. The van der Waals surface area contributed by atoms with Gasteiger partial charge in [-0.15, -0.1) is 0 Å². The van der Waals surface area contributed by atoms with E-state index in [9.17, 15) is 0 Å². The van der Waals surface area contributed by atoms with Crippen LogP contribution in [0.3, 0.4) is 0 Å². The zero-order valence-electron chi connectivity index (χ0n) is 12.3. The van der Waals surface area contributed by atoms with Crippen molar-refractivity contribution in [3.8, 4) is 0 Å². The number of rotatable bonds is 5. The summed E-state index contributed by atoms with van der Waals surface area (Å²) >= 11 is 23.9. The number of hydrogen-bond donors (Lipinski definition) is 0. The Morgan fingerprint density at radius 3 is 1.29 bits per heavy atom. The summed E-state index contributed by atoms with van der Waals surface area (Å²) < 4.78 is 0. The quantitative estimate of drug-likeness (QED) is 0.386. The van der Waals surface area contributed by atoms with Gasteiger partial charge in [0.15, 0.2) is 0 Å². The van der Waals surface area contributed by atoms with Gasteiger partial charge in [0.05, 0.1) is 12.4 Å². The lowest BCUT2D eigenvalue weighted by Gasteiger charge is -1.97. The Bertz CT molecular complexity index is 719. The number of hydrogen-bond acceptors (Lipinski definition) is 2. The highest BCUT2D eigenvalue weighted by molar-refractivity contribution is 6.50. The first kappa shape index (κ1) is 18.8. The van der Waals surface area contributed by atoms with Crippen molar-refractivity contribution >= 4 is 68.9 Å². The third-order valence-electron chi connectivity index (χ3n) is 2.88. The van der Waals surface area contributed by atoms with Gasteiger partial charge >= 0.3 is 0 Å². The van der Waals surface area contributed by atoms with Gasteiger partial charge in [-0.05, 0) is 47.5 Å². The molecule has 0 aliphatic rings. The first-order valence-electron chi connectivity index (χ1n) is 6.86. The molecule has 24 heavy (non-hydrogen) atoms. The highest BCUT2D eigenvalue weighted by atomic mass is 35.5. The maximum Gasteiger partial charge on any atom is 0.0510 e. The highest BCUT2D eigenvalue weighted by Crippen LogP contribution is 2.21. The Kier molecular flexibility index (Phi) is 7.54. The summed E-state index contributed by atoms with van der Waals surface area (Å²) in [7, 11) is 0. The number of allylic oxidation sites excluding steroid dienone is 2. The van der Waals surface area contributed by atoms with E-state index in [4.69, 9.17) is 46.4 Å². The summed E-state index contributed by atoms with van der Waals surface area (Å²) in [5, 5.41) is 10.1. The topological polar surface area (TPSA) is 24.7 Å². The fraction of sp³-hybridized carbons (Fsp3) is 0. The molecule has 0 unspecified atom stereocenters. The molecule has 2 nitrogen and oxygen atoms in total. The minimum Gasteiger partial charge on any atom is -0.159 e. The molecular weight excluding hydrogens is 386 g/mol. The van der Waals surface area contributed by atoms with Crippen molar-refractivity contribution < 1.29 is 0 Å². The molecular formula is C18H12Cl4N2. The van der Waals surface area contributed by atoms with Crippen molar-refractivity contribution in [1.82, 2.24) is 0 Å². The molecule has 0 fully saturated rings. The van der Waals surface area contributed by atoms with Crippen LogP contribution in [0.1, 0.15) is 11.1 Å². The van der Waals surface area contributed by atoms with Gasteiger partial charge in [0.25, 0.3) is 0 Å². The second-order valence-electron chi connectivity index (χ2n) is 4.57. The first-order chi connectivity index (χ1) is 11.6. The molecule has 0 saturated carbocycles. The Labute approximate surface area is 160 Å². The number of halogens is 4. The second kappa shape index (κ2) is 9.65. The standard InChI is InChI=1S/C18H12Cl4N2/c19-15-5-1-13(2-6-15)17(21)9-11-23-24-12-10-18(22)14-3-7-16(20)8-4-14/h1-12H/b17-9-,18-10-,23-11-,24-12-. The van der Waals surface area contributed by atoms with Crippen molar-refractivity contribution in [2.24, 2.45) is 10.2 Å². The molecule has 0 heterocycles. The lowest BCUT2D eigenvalue weighted by atomic mass is 10.2.